The van der Waals surface area contributed by atoms with E-state index in [1.165, 1.54) is 0 Å². The maximum atomic E-state index is 6.01. The molecule has 0 saturated heterocycles. The third-order valence-corrected chi connectivity index (χ3v) is 2.01. The number of hydrogen-bond acceptors (Lipinski definition) is 2. The van der Waals surface area contributed by atoms with Gasteiger partial charge in [-0.05, 0) is 24.6 Å². The molecule has 1 aromatic rings. The van der Waals surface area contributed by atoms with E-state index in [-0.39, 0.29) is 0 Å². The SMILES string of the molecule is Cc1cc(N)cc(Cl)c1N(C)C. The molecule has 0 heterocycles. The van der Waals surface area contributed by atoms with Crippen LogP contribution in [0.5, 0.6) is 0 Å². The van der Waals surface area contributed by atoms with Gasteiger partial charge in [0, 0.05) is 19.8 Å². The van der Waals surface area contributed by atoms with Crippen molar-refractivity contribution in [3.63, 3.8) is 0 Å². The molecule has 0 amide bonds. The Morgan fingerprint density at radius 3 is 2.33 bits per heavy atom. The first-order chi connectivity index (χ1) is 5.52. The summed E-state index contributed by atoms with van der Waals surface area (Å²) in [5.41, 5.74) is 8.47. The molecule has 3 heteroatoms. The largest absolute Gasteiger partial charge is 0.399 e. The van der Waals surface area contributed by atoms with Crippen molar-refractivity contribution in [3.8, 4) is 0 Å². The van der Waals surface area contributed by atoms with E-state index < -0.39 is 0 Å². The first-order valence-electron chi connectivity index (χ1n) is 3.75. The number of nitrogens with zero attached hydrogens (tertiary/aromatic N) is 1. The molecule has 0 fully saturated rings. The maximum Gasteiger partial charge on any atom is 0.0662 e. The van der Waals surface area contributed by atoms with Gasteiger partial charge >= 0.3 is 0 Å². The highest BCUT2D eigenvalue weighted by Crippen LogP contribution is 2.30. The second-order valence-electron chi connectivity index (χ2n) is 3.06. The van der Waals surface area contributed by atoms with Gasteiger partial charge in [0.25, 0.3) is 0 Å². The van der Waals surface area contributed by atoms with E-state index in [2.05, 4.69) is 0 Å². The molecule has 0 aliphatic rings. The van der Waals surface area contributed by atoms with Crippen LogP contribution in [0.4, 0.5) is 11.4 Å². The average molecular weight is 185 g/mol. The Morgan fingerprint density at radius 2 is 1.92 bits per heavy atom. The summed E-state index contributed by atoms with van der Waals surface area (Å²) in [5, 5.41) is 0.706. The van der Waals surface area contributed by atoms with Crippen molar-refractivity contribution < 1.29 is 0 Å². The van der Waals surface area contributed by atoms with Gasteiger partial charge in [0.15, 0.2) is 0 Å². The topological polar surface area (TPSA) is 29.3 Å². The van der Waals surface area contributed by atoms with Crippen molar-refractivity contribution >= 4 is 23.0 Å². The number of halogens is 1. The molecule has 0 aliphatic heterocycles. The van der Waals surface area contributed by atoms with Crippen LogP contribution in [0.25, 0.3) is 0 Å². The van der Waals surface area contributed by atoms with E-state index in [0.717, 1.165) is 11.3 Å². The molecule has 0 saturated carbocycles. The first kappa shape index (κ1) is 9.20. The van der Waals surface area contributed by atoms with Crippen molar-refractivity contribution in [2.24, 2.45) is 0 Å². The molecule has 12 heavy (non-hydrogen) atoms. The van der Waals surface area contributed by atoms with Crippen LogP contribution in [-0.2, 0) is 0 Å². The number of rotatable bonds is 1. The molecule has 0 aliphatic carbocycles. The third-order valence-electron chi connectivity index (χ3n) is 1.72. The molecule has 0 atom stereocenters. The molecule has 0 spiro atoms. The Labute approximate surface area is 77.9 Å². The molecule has 66 valence electrons. The molecule has 2 N–H and O–H groups in total. The molecule has 2 nitrogen and oxygen atoms in total. The van der Waals surface area contributed by atoms with Crippen molar-refractivity contribution in [2.75, 3.05) is 24.7 Å². The minimum atomic E-state index is 0.706. The summed E-state index contributed by atoms with van der Waals surface area (Å²) in [6.45, 7) is 2.00. The summed E-state index contributed by atoms with van der Waals surface area (Å²) in [5.74, 6) is 0. The fourth-order valence-corrected chi connectivity index (χ4v) is 1.77. The number of nitrogens with two attached hydrogens (primary N) is 1. The van der Waals surface area contributed by atoms with Gasteiger partial charge in [-0.15, -0.1) is 0 Å². The number of hydrogen-bond donors (Lipinski definition) is 1. The molecular formula is C9H13ClN2. The minimum Gasteiger partial charge on any atom is -0.399 e. The molecule has 0 aromatic heterocycles. The lowest BCUT2D eigenvalue weighted by atomic mass is 10.1. The predicted molar refractivity (Wildman–Crippen MR) is 54.9 cm³/mol. The van der Waals surface area contributed by atoms with Gasteiger partial charge in [-0.2, -0.15) is 0 Å². The molecular weight excluding hydrogens is 172 g/mol. The van der Waals surface area contributed by atoms with Gasteiger partial charge in [-0.25, -0.2) is 0 Å². The number of aryl methyl sites for hydroxylation is 1. The Hall–Kier alpha value is -0.890. The highest BCUT2D eigenvalue weighted by Gasteiger charge is 2.06. The lowest BCUT2D eigenvalue weighted by molar-refractivity contribution is 1.12. The van der Waals surface area contributed by atoms with E-state index in [4.69, 9.17) is 17.3 Å². The number of anilines is 2. The summed E-state index contributed by atoms with van der Waals surface area (Å²) in [4.78, 5) is 1.98. The minimum absolute atomic E-state index is 0.706. The third kappa shape index (κ3) is 1.64. The molecule has 1 aromatic carbocycles. The van der Waals surface area contributed by atoms with Gasteiger partial charge < -0.3 is 10.6 Å². The zero-order chi connectivity index (χ0) is 9.30. The van der Waals surface area contributed by atoms with Crippen molar-refractivity contribution in [1.82, 2.24) is 0 Å². The standard InChI is InChI=1S/C9H13ClN2/c1-6-4-7(11)5-8(10)9(6)12(2)3/h4-5H,11H2,1-3H3. The summed E-state index contributed by atoms with van der Waals surface area (Å²) in [6, 6.07) is 3.69. The van der Waals surface area contributed by atoms with Gasteiger partial charge in [-0.1, -0.05) is 11.6 Å². The number of benzene rings is 1. The second-order valence-corrected chi connectivity index (χ2v) is 3.47. The Bertz CT molecular complexity index is 272. The quantitative estimate of drug-likeness (QED) is 0.679. The Balaban J connectivity index is 3.28. The summed E-state index contributed by atoms with van der Waals surface area (Å²) >= 11 is 6.01. The second kappa shape index (κ2) is 3.23. The van der Waals surface area contributed by atoms with Crippen LogP contribution >= 0.6 is 11.6 Å². The summed E-state index contributed by atoms with van der Waals surface area (Å²) in [6.07, 6.45) is 0. The van der Waals surface area contributed by atoms with Gasteiger partial charge in [0.2, 0.25) is 0 Å². The van der Waals surface area contributed by atoms with Crippen molar-refractivity contribution in [2.45, 2.75) is 6.92 Å². The zero-order valence-electron chi connectivity index (χ0n) is 7.56. The lowest BCUT2D eigenvalue weighted by Gasteiger charge is -2.17. The molecule has 0 radical (unpaired) electrons. The van der Waals surface area contributed by atoms with Gasteiger partial charge in [0.1, 0.15) is 0 Å². The van der Waals surface area contributed by atoms with Crippen LogP contribution < -0.4 is 10.6 Å². The fraction of sp³-hybridized carbons (Fsp3) is 0.333. The maximum absolute atomic E-state index is 6.01. The Morgan fingerprint density at radius 1 is 1.33 bits per heavy atom. The van der Waals surface area contributed by atoms with Crippen LogP contribution in [-0.4, -0.2) is 14.1 Å². The van der Waals surface area contributed by atoms with Gasteiger partial charge in [0.05, 0.1) is 10.7 Å². The lowest BCUT2D eigenvalue weighted by Crippen LogP contribution is -2.11. The first-order valence-corrected chi connectivity index (χ1v) is 4.13. The van der Waals surface area contributed by atoms with Gasteiger partial charge in [-0.3, -0.25) is 0 Å². The van der Waals surface area contributed by atoms with E-state index >= 15 is 0 Å². The number of nitrogen functional groups attached to an aromatic ring is 1. The van der Waals surface area contributed by atoms with E-state index in [1.807, 2.05) is 32.0 Å². The smallest absolute Gasteiger partial charge is 0.0662 e. The Kier molecular flexibility index (Phi) is 2.48. The average Bonchev–Trinajstić information content (AvgIpc) is 1.82. The van der Waals surface area contributed by atoms with Crippen LogP contribution in [0.2, 0.25) is 5.02 Å². The summed E-state index contributed by atoms with van der Waals surface area (Å²) < 4.78 is 0. The highest BCUT2D eigenvalue weighted by molar-refractivity contribution is 6.33. The van der Waals surface area contributed by atoms with Crippen LogP contribution in [0, 0.1) is 6.92 Å². The normalized spacial score (nSPS) is 10.0. The summed E-state index contributed by atoms with van der Waals surface area (Å²) in [7, 11) is 3.93. The monoisotopic (exact) mass is 184 g/mol. The van der Waals surface area contributed by atoms with Crippen LogP contribution in [0.15, 0.2) is 12.1 Å². The van der Waals surface area contributed by atoms with E-state index in [1.54, 1.807) is 6.07 Å². The van der Waals surface area contributed by atoms with Crippen molar-refractivity contribution in [3.05, 3.63) is 22.7 Å². The predicted octanol–water partition coefficient (Wildman–Crippen LogP) is 2.30. The van der Waals surface area contributed by atoms with Crippen molar-refractivity contribution in [1.29, 1.82) is 0 Å². The van der Waals surface area contributed by atoms with E-state index in [9.17, 15) is 0 Å². The van der Waals surface area contributed by atoms with Crippen LogP contribution in [0.1, 0.15) is 5.56 Å². The highest BCUT2D eigenvalue weighted by atomic mass is 35.5. The molecule has 0 bridgehead atoms. The molecule has 1 rings (SSSR count). The van der Waals surface area contributed by atoms with Crippen LogP contribution in [0.3, 0.4) is 0 Å². The molecule has 0 unspecified atom stereocenters. The fourth-order valence-electron chi connectivity index (χ4n) is 1.33. The van der Waals surface area contributed by atoms with E-state index in [0.29, 0.717) is 10.7 Å². The zero-order valence-corrected chi connectivity index (χ0v) is 8.31.